The van der Waals surface area contributed by atoms with Crippen LogP contribution < -0.4 is 15.4 Å². The number of aromatic amines is 1. The number of aliphatic hydroxyl groups is 2. The second kappa shape index (κ2) is 13.8. The molecule has 0 radical (unpaired) electrons. The molecular formula is C29H36FN3O4. The molecule has 0 bridgehead atoms. The van der Waals surface area contributed by atoms with Gasteiger partial charge in [-0.05, 0) is 67.6 Å². The highest BCUT2D eigenvalue weighted by atomic mass is 19.1. The Morgan fingerprint density at radius 1 is 1.22 bits per heavy atom. The molecule has 3 atom stereocenters. The predicted molar refractivity (Wildman–Crippen MR) is 143 cm³/mol. The van der Waals surface area contributed by atoms with Crippen LogP contribution >= 0.6 is 0 Å². The van der Waals surface area contributed by atoms with Crippen LogP contribution in [0.15, 0.2) is 42.6 Å². The number of H-pyrrole nitrogens is 1. The minimum atomic E-state index is -0.580. The first-order chi connectivity index (χ1) is 17.8. The number of carbonyl (C=O) groups excluding carboxylic acids is 1. The molecule has 2 unspecified atom stereocenters. The van der Waals surface area contributed by atoms with E-state index in [0.29, 0.717) is 48.4 Å². The van der Waals surface area contributed by atoms with Gasteiger partial charge < -0.3 is 30.6 Å². The number of nitrogens with one attached hydrogen (secondary N) is 3. The Hall–Kier alpha value is -3.38. The summed E-state index contributed by atoms with van der Waals surface area (Å²) in [4.78, 5) is 16.4. The van der Waals surface area contributed by atoms with E-state index in [0.717, 1.165) is 17.5 Å². The summed E-state index contributed by atoms with van der Waals surface area (Å²) in [5.74, 6) is 5.93. The van der Waals surface area contributed by atoms with E-state index in [2.05, 4.69) is 27.5 Å². The summed E-state index contributed by atoms with van der Waals surface area (Å²) in [5, 5.41) is 26.3. The second-order valence-electron chi connectivity index (χ2n) is 9.27. The summed E-state index contributed by atoms with van der Waals surface area (Å²) in [6.07, 6.45) is 2.49. The van der Waals surface area contributed by atoms with E-state index in [4.69, 9.17) is 4.74 Å². The summed E-state index contributed by atoms with van der Waals surface area (Å²) >= 11 is 0. The Morgan fingerprint density at radius 3 is 2.76 bits per heavy atom. The minimum Gasteiger partial charge on any atom is -0.493 e. The molecule has 7 nitrogen and oxygen atoms in total. The molecule has 0 spiro atoms. The highest BCUT2D eigenvalue weighted by molar-refractivity contribution is 5.97. The van der Waals surface area contributed by atoms with Gasteiger partial charge in [-0.15, -0.1) is 0 Å². The lowest BCUT2D eigenvalue weighted by atomic mass is 10.0. The van der Waals surface area contributed by atoms with Gasteiger partial charge in [-0.25, -0.2) is 4.39 Å². The van der Waals surface area contributed by atoms with Crippen LogP contribution in [0, 0.1) is 23.6 Å². The average Bonchev–Trinajstić information content (AvgIpc) is 3.28. The number of hydrogen-bond donors (Lipinski definition) is 5. The summed E-state index contributed by atoms with van der Waals surface area (Å²) in [7, 11) is 0. The number of benzene rings is 2. The first-order valence-corrected chi connectivity index (χ1v) is 12.6. The van der Waals surface area contributed by atoms with Gasteiger partial charge in [-0.1, -0.05) is 25.7 Å². The first kappa shape index (κ1) is 28.2. The van der Waals surface area contributed by atoms with Crippen molar-refractivity contribution < 1.29 is 24.1 Å². The molecule has 0 saturated carbocycles. The van der Waals surface area contributed by atoms with Crippen LogP contribution in [0.4, 0.5) is 4.39 Å². The lowest BCUT2D eigenvalue weighted by molar-refractivity contribution is 0.0912. The predicted octanol–water partition coefficient (Wildman–Crippen LogP) is 3.39. The fourth-order valence-electron chi connectivity index (χ4n) is 3.81. The lowest BCUT2D eigenvalue weighted by Crippen LogP contribution is -2.39. The van der Waals surface area contributed by atoms with E-state index in [1.54, 1.807) is 37.4 Å². The van der Waals surface area contributed by atoms with E-state index in [-0.39, 0.29) is 24.2 Å². The molecule has 0 aliphatic heterocycles. The molecule has 8 heteroatoms. The van der Waals surface area contributed by atoms with Gasteiger partial charge >= 0.3 is 0 Å². The van der Waals surface area contributed by atoms with Gasteiger partial charge in [-0.3, -0.25) is 4.79 Å². The minimum absolute atomic E-state index is 0.120. The molecule has 2 aromatic carbocycles. The summed E-state index contributed by atoms with van der Waals surface area (Å²) < 4.78 is 19.5. The number of carbonyl (C=O) groups is 1. The molecule has 0 fully saturated rings. The third kappa shape index (κ3) is 8.05. The van der Waals surface area contributed by atoms with Crippen molar-refractivity contribution in [3.05, 3.63) is 65.1 Å². The van der Waals surface area contributed by atoms with E-state index < -0.39 is 12.1 Å². The van der Waals surface area contributed by atoms with Crippen molar-refractivity contribution >= 4 is 16.8 Å². The molecule has 0 saturated heterocycles. The number of rotatable bonds is 12. The number of aromatic nitrogens is 1. The zero-order valence-electron chi connectivity index (χ0n) is 21.6. The van der Waals surface area contributed by atoms with Crippen LogP contribution in [0.25, 0.3) is 10.9 Å². The highest BCUT2D eigenvalue weighted by Gasteiger charge is 2.19. The Labute approximate surface area is 217 Å². The second-order valence-corrected chi connectivity index (χ2v) is 9.27. The Balaban J connectivity index is 1.73. The van der Waals surface area contributed by atoms with Crippen molar-refractivity contribution in [1.82, 2.24) is 15.6 Å². The Kier molecular flexibility index (Phi) is 10.5. The van der Waals surface area contributed by atoms with Crippen molar-refractivity contribution in [2.45, 2.75) is 45.8 Å². The van der Waals surface area contributed by atoms with Gasteiger partial charge in [0.2, 0.25) is 0 Å². The van der Waals surface area contributed by atoms with Crippen molar-refractivity contribution in [2.75, 3.05) is 26.3 Å². The summed E-state index contributed by atoms with van der Waals surface area (Å²) in [6.45, 7) is 6.97. The van der Waals surface area contributed by atoms with Crippen LogP contribution in [-0.2, 0) is 6.42 Å². The van der Waals surface area contributed by atoms with Gasteiger partial charge in [0, 0.05) is 29.2 Å². The van der Waals surface area contributed by atoms with Crippen LogP contribution in [0.3, 0.4) is 0 Å². The fourth-order valence-corrected chi connectivity index (χ4v) is 3.81. The Bertz CT molecular complexity index is 1240. The summed E-state index contributed by atoms with van der Waals surface area (Å²) in [5.41, 5.74) is 2.58. The van der Waals surface area contributed by atoms with Crippen molar-refractivity contribution in [3.63, 3.8) is 0 Å². The normalized spacial score (nSPS) is 13.5. The van der Waals surface area contributed by atoms with Crippen LogP contribution in [-0.4, -0.2) is 59.6 Å². The van der Waals surface area contributed by atoms with Crippen LogP contribution in [0.1, 0.15) is 48.7 Å². The molecule has 198 valence electrons. The molecule has 5 N–H and O–H groups in total. The molecule has 3 rings (SSSR count). The maximum atomic E-state index is 13.8. The number of ether oxygens (including phenoxy) is 1. The smallest absolute Gasteiger partial charge is 0.255 e. The van der Waals surface area contributed by atoms with Gasteiger partial charge in [0.25, 0.3) is 5.91 Å². The molecule has 1 heterocycles. The SMILES string of the molecule is CCCOc1ccc(C#CCNCC(C)[C@@H](C)O)cc1C(=O)NC(CO)Cc1c[nH]c2ccc(F)cc12. The van der Waals surface area contributed by atoms with Gasteiger partial charge in [-0.2, -0.15) is 0 Å². The topological polar surface area (TPSA) is 107 Å². The maximum absolute atomic E-state index is 13.8. The highest BCUT2D eigenvalue weighted by Crippen LogP contribution is 2.23. The van der Waals surface area contributed by atoms with Gasteiger partial charge in [0.05, 0.1) is 37.5 Å². The van der Waals surface area contributed by atoms with Crippen molar-refractivity contribution in [1.29, 1.82) is 0 Å². The van der Waals surface area contributed by atoms with Crippen molar-refractivity contribution in [3.8, 4) is 17.6 Å². The molecule has 1 amide bonds. The van der Waals surface area contributed by atoms with Crippen LogP contribution in [0.5, 0.6) is 5.75 Å². The maximum Gasteiger partial charge on any atom is 0.255 e. The van der Waals surface area contributed by atoms with Crippen molar-refractivity contribution in [2.24, 2.45) is 5.92 Å². The van der Waals surface area contributed by atoms with Crippen LogP contribution in [0.2, 0.25) is 0 Å². The van der Waals surface area contributed by atoms with Gasteiger partial charge in [0.1, 0.15) is 11.6 Å². The molecule has 0 aliphatic carbocycles. The molecule has 1 aromatic heterocycles. The third-order valence-corrected chi connectivity index (χ3v) is 6.17. The zero-order valence-corrected chi connectivity index (χ0v) is 21.6. The summed E-state index contributed by atoms with van der Waals surface area (Å²) in [6, 6.07) is 9.12. The number of fused-ring (bicyclic) bond motifs is 1. The molecule has 0 aliphatic rings. The monoisotopic (exact) mass is 509 g/mol. The number of aliphatic hydroxyl groups excluding tert-OH is 2. The van der Waals surface area contributed by atoms with E-state index in [1.165, 1.54) is 12.1 Å². The molecular weight excluding hydrogens is 473 g/mol. The standard InChI is InChI=1S/C29H36FN3O4/c1-4-12-37-28-10-7-21(6-5-11-31-16-19(2)20(3)35)13-26(28)29(36)33-24(18-34)14-22-17-32-27-9-8-23(30)15-25(22)27/h7-10,13,15,17,19-20,24,31-32,34-35H,4,11-12,14,16,18H2,1-3H3,(H,33,36)/t19?,20-,24?/m1/s1. The Morgan fingerprint density at radius 2 is 2.03 bits per heavy atom. The van der Waals surface area contributed by atoms with E-state index in [1.807, 2.05) is 13.8 Å². The largest absolute Gasteiger partial charge is 0.493 e. The number of hydrogen-bond acceptors (Lipinski definition) is 5. The lowest BCUT2D eigenvalue weighted by Gasteiger charge is -2.18. The number of halogens is 1. The fraction of sp³-hybridized carbons (Fsp3) is 0.414. The number of amides is 1. The molecule has 3 aromatic rings. The first-order valence-electron chi connectivity index (χ1n) is 12.6. The molecule has 37 heavy (non-hydrogen) atoms. The van der Waals surface area contributed by atoms with E-state index >= 15 is 0 Å². The average molecular weight is 510 g/mol. The van der Waals surface area contributed by atoms with E-state index in [9.17, 15) is 19.4 Å². The third-order valence-electron chi connectivity index (χ3n) is 6.17. The zero-order chi connectivity index (χ0) is 26.8. The van der Waals surface area contributed by atoms with Gasteiger partial charge in [0.15, 0.2) is 0 Å². The quantitative estimate of drug-likeness (QED) is 0.190.